The fourth-order valence-corrected chi connectivity index (χ4v) is 4.94. The van der Waals surface area contributed by atoms with Crippen molar-refractivity contribution in [2.75, 3.05) is 5.32 Å². The molecule has 3 atom stereocenters. The number of fused-ring (bicyclic) bond motifs is 3. The monoisotopic (exact) mass is 459 g/mol. The van der Waals surface area contributed by atoms with E-state index in [2.05, 4.69) is 18.3 Å². The Bertz CT molecular complexity index is 869. The van der Waals surface area contributed by atoms with Crippen LogP contribution in [0.3, 0.4) is 0 Å². The molecule has 0 radical (unpaired) electrons. The number of nitrogens with one attached hydrogen (secondary N) is 1. The van der Waals surface area contributed by atoms with Gasteiger partial charge in [0.2, 0.25) is 0 Å². The first-order chi connectivity index (χ1) is 12.6. The first-order valence-electron chi connectivity index (χ1n) is 9.22. The lowest BCUT2D eigenvalue weighted by Gasteiger charge is -2.30. The molecule has 1 saturated carbocycles. The van der Waals surface area contributed by atoms with E-state index in [1.54, 1.807) is 0 Å². The Balaban J connectivity index is 0.00000140. The zero-order valence-electron chi connectivity index (χ0n) is 15.6. The van der Waals surface area contributed by atoms with Gasteiger partial charge in [-0.15, -0.1) is 24.8 Å². The van der Waals surface area contributed by atoms with E-state index in [4.69, 9.17) is 33.9 Å². The minimum atomic E-state index is 0. The highest BCUT2D eigenvalue weighted by atomic mass is 35.5. The molecule has 2 aromatic carbocycles. The van der Waals surface area contributed by atoms with Gasteiger partial charge in [0.1, 0.15) is 5.84 Å². The summed E-state index contributed by atoms with van der Waals surface area (Å²) < 4.78 is 0. The first-order valence-corrected chi connectivity index (χ1v) is 9.98. The van der Waals surface area contributed by atoms with Crippen LogP contribution in [0, 0.1) is 11.8 Å². The van der Waals surface area contributed by atoms with E-state index in [9.17, 15) is 0 Å². The minimum Gasteiger partial charge on any atom is -0.387 e. The summed E-state index contributed by atoms with van der Waals surface area (Å²) in [6, 6.07) is 11.9. The van der Waals surface area contributed by atoms with Gasteiger partial charge in [0.15, 0.2) is 0 Å². The number of hydrogen-bond donors (Lipinski definition) is 2. The molecule has 28 heavy (non-hydrogen) atoms. The molecule has 3 unspecified atom stereocenters. The summed E-state index contributed by atoms with van der Waals surface area (Å²) in [5.74, 6) is 2.26. The van der Waals surface area contributed by atoms with Crippen LogP contribution >= 0.6 is 48.0 Å². The molecule has 2 aliphatic rings. The third kappa shape index (κ3) is 4.38. The van der Waals surface area contributed by atoms with E-state index in [0.717, 1.165) is 39.2 Å². The van der Waals surface area contributed by atoms with Crippen LogP contribution in [0.2, 0.25) is 10.0 Å². The van der Waals surface area contributed by atoms with Gasteiger partial charge in [-0.25, -0.2) is 4.99 Å². The maximum Gasteiger partial charge on any atom is 0.103 e. The molecule has 7 heteroatoms. The van der Waals surface area contributed by atoms with E-state index in [1.165, 1.54) is 18.4 Å². The molecule has 0 aromatic heterocycles. The molecule has 2 aromatic rings. The third-order valence-corrected chi connectivity index (χ3v) is 6.34. The molecule has 3 nitrogen and oxygen atoms in total. The Morgan fingerprint density at radius 3 is 2.64 bits per heavy atom. The SMILES string of the molecule is CCC1CCC2C(N)=Nc3cc(NCc4cccc(Cl)c4)c(Cl)cc3C12.Cl.Cl. The van der Waals surface area contributed by atoms with Crippen LogP contribution < -0.4 is 11.1 Å². The number of nitrogens with zero attached hydrogens (tertiary/aromatic N) is 1. The molecule has 1 aliphatic heterocycles. The predicted octanol–water partition coefficient (Wildman–Crippen LogP) is 6.97. The lowest BCUT2D eigenvalue weighted by Crippen LogP contribution is -2.30. The predicted molar refractivity (Wildman–Crippen MR) is 125 cm³/mol. The number of hydrogen-bond acceptors (Lipinski definition) is 3. The molecule has 1 heterocycles. The Morgan fingerprint density at radius 2 is 1.93 bits per heavy atom. The van der Waals surface area contributed by atoms with Crippen LogP contribution in [-0.2, 0) is 6.54 Å². The van der Waals surface area contributed by atoms with E-state index in [-0.39, 0.29) is 24.8 Å². The van der Waals surface area contributed by atoms with Crippen molar-refractivity contribution < 1.29 is 0 Å². The second kappa shape index (κ2) is 9.58. The van der Waals surface area contributed by atoms with Crippen LogP contribution in [0.4, 0.5) is 11.4 Å². The lowest BCUT2D eigenvalue weighted by molar-refractivity contribution is 0.446. The van der Waals surface area contributed by atoms with Crippen molar-refractivity contribution in [3.05, 3.63) is 57.6 Å². The molecular formula is C21H25Cl4N3. The van der Waals surface area contributed by atoms with Crippen LogP contribution in [0.1, 0.15) is 43.2 Å². The van der Waals surface area contributed by atoms with Gasteiger partial charge in [0, 0.05) is 17.5 Å². The highest BCUT2D eigenvalue weighted by Crippen LogP contribution is 2.52. The highest BCUT2D eigenvalue weighted by Gasteiger charge is 2.41. The van der Waals surface area contributed by atoms with Crippen molar-refractivity contribution >= 4 is 65.2 Å². The van der Waals surface area contributed by atoms with Crippen molar-refractivity contribution in [3.63, 3.8) is 0 Å². The third-order valence-electron chi connectivity index (χ3n) is 5.79. The van der Waals surface area contributed by atoms with Gasteiger partial charge in [0.25, 0.3) is 0 Å². The number of halogens is 4. The molecule has 1 aliphatic carbocycles. The second-order valence-electron chi connectivity index (χ2n) is 7.29. The van der Waals surface area contributed by atoms with E-state index >= 15 is 0 Å². The van der Waals surface area contributed by atoms with Crippen molar-refractivity contribution in [3.8, 4) is 0 Å². The van der Waals surface area contributed by atoms with Crippen molar-refractivity contribution in [1.29, 1.82) is 0 Å². The summed E-state index contributed by atoms with van der Waals surface area (Å²) in [5, 5.41) is 4.88. The quantitative estimate of drug-likeness (QED) is 0.517. The van der Waals surface area contributed by atoms with Gasteiger partial charge >= 0.3 is 0 Å². The Kier molecular flexibility index (Phi) is 7.92. The average Bonchev–Trinajstić information content (AvgIpc) is 3.06. The number of benzene rings is 2. The maximum atomic E-state index is 6.61. The van der Waals surface area contributed by atoms with Crippen LogP contribution in [-0.4, -0.2) is 5.84 Å². The summed E-state index contributed by atoms with van der Waals surface area (Å²) >= 11 is 12.7. The normalized spacial score (nSPS) is 22.2. The Labute approximate surface area is 188 Å². The summed E-state index contributed by atoms with van der Waals surface area (Å²) in [7, 11) is 0. The van der Waals surface area contributed by atoms with Gasteiger partial charge in [-0.3, -0.25) is 0 Å². The fourth-order valence-electron chi connectivity index (χ4n) is 4.48. The van der Waals surface area contributed by atoms with E-state index in [0.29, 0.717) is 24.3 Å². The molecule has 1 fully saturated rings. The summed E-state index contributed by atoms with van der Waals surface area (Å²) in [6.07, 6.45) is 3.51. The molecule has 3 N–H and O–H groups in total. The number of anilines is 1. The molecule has 0 spiro atoms. The van der Waals surface area contributed by atoms with Gasteiger partial charge < -0.3 is 11.1 Å². The van der Waals surface area contributed by atoms with Gasteiger partial charge in [-0.1, -0.05) is 48.7 Å². The second-order valence-corrected chi connectivity index (χ2v) is 8.13. The zero-order valence-corrected chi connectivity index (χ0v) is 18.8. The first kappa shape index (κ1) is 23.2. The fraction of sp³-hybridized carbons (Fsp3) is 0.381. The zero-order chi connectivity index (χ0) is 18.3. The van der Waals surface area contributed by atoms with Gasteiger partial charge in [-0.05, 0) is 60.1 Å². The van der Waals surface area contributed by atoms with Crippen molar-refractivity contribution in [2.45, 2.75) is 38.6 Å². The van der Waals surface area contributed by atoms with E-state index in [1.807, 2.05) is 30.3 Å². The van der Waals surface area contributed by atoms with Crippen molar-refractivity contribution in [1.82, 2.24) is 0 Å². The Morgan fingerprint density at radius 1 is 1.14 bits per heavy atom. The van der Waals surface area contributed by atoms with Crippen LogP contribution in [0.15, 0.2) is 41.4 Å². The largest absolute Gasteiger partial charge is 0.387 e. The summed E-state index contributed by atoms with van der Waals surface area (Å²) in [4.78, 5) is 4.70. The number of aliphatic imine (C=N–C) groups is 1. The molecule has 0 bridgehead atoms. The maximum absolute atomic E-state index is 6.61. The highest BCUT2D eigenvalue weighted by molar-refractivity contribution is 6.33. The molecule has 152 valence electrons. The summed E-state index contributed by atoms with van der Waals surface area (Å²) in [5.41, 5.74) is 10.5. The number of rotatable bonds is 4. The van der Waals surface area contributed by atoms with E-state index < -0.39 is 0 Å². The molecular weight excluding hydrogens is 436 g/mol. The smallest absolute Gasteiger partial charge is 0.103 e. The average molecular weight is 461 g/mol. The summed E-state index contributed by atoms with van der Waals surface area (Å²) in [6.45, 7) is 2.92. The molecule has 4 rings (SSSR count). The molecule has 0 amide bonds. The number of amidine groups is 1. The van der Waals surface area contributed by atoms with Crippen molar-refractivity contribution in [2.24, 2.45) is 22.6 Å². The molecule has 0 saturated heterocycles. The minimum absolute atomic E-state index is 0. The van der Waals surface area contributed by atoms with Crippen LogP contribution in [0.25, 0.3) is 0 Å². The number of nitrogens with two attached hydrogens (primary N) is 1. The Hall–Kier alpha value is -1.13. The van der Waals surface area contributed by atoms with Crippen LogP contribution in [0.5, 0.6) is 0 Å². The topological polar surface area (TPSA) is 50.4 Å². The van der Waals surface area contributed by atoms with Gasteiger partial charge in [0.05, 0.1) is 16.4 Å². The van der Waals surface area contributed by atoms with Gasteiger partial charge in [-0.2, -0.15) is 0 Å². The lowest BCUT2D eigenvalue weighted by atomic mass is 9.79. The standard InChI is InChI=1S/C21H23Cl2N3.2ClH/c1-2-13-6-7-15-20(13)16-9-17(23)19(10-18(16)26-21(15)24)25-11-12-4-3-5-14(22)8-12;;/h3-5,8-10,13,15,20,25H,2,6-7,11H2,1H3,(H2,24,26);2*1H.